The van der Waals surface area contributed by atoms with Crippen LogP contribution in [0.3, 0.4) is 0 Å². The first-order valence-corrected chi connectivity index (χ1v) is 6.50. The minimum absolute atomic E-state index is 0. The highest BCUT2D eigenvalue weighted by Crippen LogP contribution is 2.39. The highest BCUT2D eigenvalue weighted by molar-refractivity contribution is 5.85. The zero-order chi connectivity index (χ0) is 12.3. The van der Waals surface area contributed by atoms with Gasteiger partial charge in [-0.25, -0.2) is 0 Å². The van der Waals surface area contributed by atoms with E-state index >= 15 is 0 Å². The van der Waals surface area contributed by atoms with Crippen molar-refractivity contribution in [2.45, 2.75) is 44.1 Å². The molecule has 102 valence electrons. The largest absolute Gasteiger partial charge is 0.381 e. The molecule has 1 fully saturated rings. The molecular weight excluding hydrogens is 246 g/mol. The maximum atomic E-state index is 6.07. The average Bonchev–Trinajstić information content (AvgIpc) is 2.39. The molecule has 2 nitrogen and oxygen atoms in total. The zero-order valence-electron chi connectivity index (χ0n) is 11.3. The van der Waals surface area contributed by atoms with Crippen molar-refractivity contribution in [3.05, 3.63) is 35.4 Å². The Bertz CT molecular complexity index is 373. The Balaban J connectivity index is 0.00000162. The Kier molecular flexibility index (Phi) is 5.64. The van der Waals surface area contributed by atoms with Gasteiger partial charge in [0.2, 0.25) is 0 Å². The summed E-state index contributed by atoms with van der Waals surface area (Å²) in [5.74, 6) is 0. The first kappa shape index (κ1) is 15.5. The molecule has 0 radical (unpaired) electrons. The van der Waals surface area contributed by atoms with E-state index in [0.29, 0.717) is 6.10 Å². The van der Waals surface area contributed by atoms with Crippen LogP contribution in [0.25, 0.3) is 0 Å². The van der Waals surface area contributed by atoms with Crippen molar-refractivity contribution in [3.63, 3.8) is 0 Å². The number of hydrogen-bond donors (Lipinski definition) is 1. The number of benzene rings is 1. The summed E-state index contributed by atoms with van der Waals surface area (Å²) in [6, 6.07) is 8.81. The van der Waals surface area contributed by atoms with Crippen LogP contribution in [0.15, 0.2) is 24.3 Å². The van der Waals surface area contributed by atoms with Crippen molar-refractivity contribution in [2.24, 2.45) is 5.73 Å². The Hall–Kier alpha value is -0.570. The Labute approximate surface area is 116 Å². The summed E-state index contributed by atoms with van der Waals surface area (Å²) in [7, 11) is 1.81. The van der Waals surface area contributed by atoms with Gasteiger partial charge in [0.15, 0.2) is 0 Å². The van der Waals surface area contributed by atoms with Gasteiger partial charge in [-0.05, 0) is 38.2 Å². The van der Waals surface area contributed by atoms with Gasteiger partial charge in [0.1, 0.15) is 0 Å². The quantitative estimate of drug-likeness (QED) is 0.915. The summed E-state index contributed by atoms with van der Waals surface area (Å²) in [6.07, 6.45) is 4.97. The van der Waals surface area contributed by atoms with Crippen LogP contribution in [-0.2, 0) is 10.2 Å². The van der Waals surface area contributed by atoms with Gasteiger partial charge in [-0.15, -0.1) is 12.4 Å². The smallest absolute Gasteiger partial charge is 0.0572 e. The van der Waals surface area contributed by atoms with Crippen LogP contribution in [0.2, 0.25) is 0 Å². The highest BCUT2D eigenvalue weighted by atomic mass is 35.5. The lowest BCUT2D eigenvalue weighted by molar-refractivity contribution is 0.0497. The van der Waals surface area contributed by atoms with Crippen LogP contribution >= 0.6 is 12.4 Å². The summed E-state index contributed by atoms with van der Waals surface area (Å²) in [5, 5.41) is 0. The molecule has 0 heterocycles. The number of nitrogens with two attached hydrogens (primary N) is 1. The second kappa shape index (κ2) is 6.55. The molecular formula is C15H24ClNO. The molecule has 1 aromatic rings. The molecule has 1 aliphatic rings. The van der Waals surface area contributed by atoms with Gasteiger partial charge >= 0.3 is 0 Å². The van der Waals surface area contributed by atoms with Gasteiger partial charge in [0, 0.05) is 19.1 Å². The molecule has 0 saturated heterocycles. The second-order valence-electron chi connectivity index (χ2n) is 5.29. The first-order chi connectivity index (χ1) is 8.20. The zero-order valence-corrected chi connectivity index (χ0v) is 12.1. The number of aryl methyl sites for hydroxylation is 1. The molecule has 3 heteroatoms. The standard InChI is InChI=1S/C15H23NO.ClH/c1-12-4-3-5-13(10-12)15(11-16)8-6-14(17-2)7-9-15;/h3-5,10,14H,6-9,11,16H2,1-2H3;1H/t14-,15-;. The van der Waals surface area contributed by atoms with Gasteiger partial charge in [0.05, 0.1) is 6.10 Å². The van der Waals surface area contributed by atoms with Crippen molar-refractivity contribution in [3.8, 4) is 0 Å². The van der Waals surface area contributed by atoms with E-state index in [4.69, 9.17) is 10.5 Å². The molecule has 2 N–H and O–H groups in total. The van der Waals surface area contributed by atoms with Gasteiger partial charge in [0.25, 0.3) is 0 Å². The number of halogens is 1. The molecule has 0 amide bonds. The monoisotopic (exact) mass is 269 g/mol. The van der Waals surface area contributed by atoms with Crippen molar-refractivity contribution in [1.29, 1.82) is 0 Å². The van der Waals surface area contributed by atoms with E-state index in [1.807, 2.05) is 7.11 Å². The first-order valence-electron chi connectivity index (χ1n) is 6.50. The number of ether oxygens (including phenoxy) is 1. The molecule has 1 aromatic carbocycles. The lowest BCUT2D eigenvalue weighted by Gasteiger charge is -2.39. The van der Waals surface area contributed by atoms with E-state index in [1.165, 1.54) is 11.1 Å². The summed E-state index contributed by atoms with van der Waals surface area (Å²) in [5.41, 5.74) is 8.98. The van der Waals surface area contributed by atoms with Gasteiger partial charge in [-0.3, -0.25) is 0 Å². The van der Waals surface area contributed by atoms with E-state index in [-0.39, 0.29) is 17.8 Å². The van der Waals surface area contributed by atoms with Crippen LogP contribution in [0.4, 0.5) is 0 Å². The molecule has 0 aliphatic heterocycles. The maximum absolute atomic E-state index is 6.07. The lowest BCUT2D eigenvalue weighted by Crippen LogP contribution is -2.40. The van der Waals surface area contributed by atoms with E-state index < -0.39 is 0 Å². The number of rotatable bonds is 3. The van der Waals surface area contributed by atoms with Gasteiger partial charge in [-0.2, -0.15) is 0 Å². The predicted molar refractivity (Wildman–Crippen MR) is 78.4 cm³/mol. The van der Waals surface area contributed by atoms with Gasteiger partial charge in [-0.1, -0.05) is 29.8 Å². The molecule has 1 aliphatic carbocycles. The van der Waals surface area contributed by atoms with Crippen LogP contribution in [0, 0.1) is 6.92 Å². The van der Waals surface area contributed by atoms with Crippen molar-refractivity contribution in [1.82, 2.24) is 0 Å². The van der Waals surface area contributed by atoms with Crippen molar-refractivity contribution < 1.29 is 4.74 Å². The second-order valence-corrected chi connectivity index (χ2v) is 5.29. The van der Waals surface area contributed by atoms with Crippen LogP contribution < -0.4 is 5.73 Å². The van der Waals surface area contributed by atoms with E-state index in [0.717, 1.165) is 32.2 Å². The molecule has 18 heavy (non-hydrogen) atoms. The average molecular weight is 270 g/mol. The highest BCUT2D eigenvalue weighted by Gasteiger charge is 2.35. The van der Waals surface area contributed by atoms with Crippen LogP contribution in [0.5, 0.6) is 0 Å². The molecule has 0 spiro atoms. The fraction of sp³-hybridized carbons (Fsp3) is 0.600. The molecule has 1 saturated carbocycles. The normalized spacial score (nSPS) is 27.6. The molecule has 0 aromatic heterocycles. The molecule has 2 rings (SSSR count). The number of methoxy groups -OCH3 is 1. The van der Waals surface area contributed by atoms with E-state index in [2.05, 4.69) is 31.2 Å². The van der Waals surface area contributed by atoms with Crippen molar-refractivity contribution >= 4 is 12.4 Å². The minimum atomic E-state index is 0. The topological polar surface area (TPSA) is 35.2 Å². The summed E-state index contributed by atoms with van der Waals surface area (Å²) >= 11 is 0. The molecule has 0 bridgehead atoms. The van der Waals surface area contributed by atoms with E-state index in [1.54, 1.807) is 0 Å². The maximum Gasteiger partial charge on any atom is 0.0572 e. The Morgan fingerprint density at radius 1 is 1.33 bits per heavy atom. The van der Waals surface area contributed by atoms with E-state index in [9.17, 15) is 0 Å². The molecule has 0 unspecified atom stereocenters. The van der Waals surface area contributed by atoms with Crippen molar-refractivity contribution in [2.75, 3.05) is 13.7 Å². The SMILES string of the molecule is CO[C@H]1CC[C@](CN)(c2cccc(C)c2)CC1.Cl. The third kappa shape index (κ3) is 3.05. The molecule has 0 atom stereocenters. The predicted octanol–water partition coefficient (Wildman–Crippen LogP) is 3.20. The van der Waals surface area contributed by atoms with Crippen LogP contribution in [-0.4, -0.2) is 19.8 Å². The Morgan fingerprint density at radius 3 is 2.50 bits per heavy atom. The number of hydrogen-bond acceptors (Lipinski definition) is 2. The summed E-state index contributed by atoms with van der Waals surface area (Å²) in [4.78, 5) is 0. The Morgan fingerprint density at radius 2 is 2.00 bits per heavy atom. The van der Waals surface area contributed by atoms with Crippen LogP contribution in [0.1, 0.15) is 36.8 Å². The summed E-state index contributed by atoms with van der Waals surface area (Å²) < 4.78 is 5.45. The lowest BCUT2D eigenvalue weighted by atomic mass is 9.68. The third-order valence-electron chi connectivity index (χ3n) is 4.24. The fourth-order valence-corrected chi connectivity index (χ4v) is 2.97. The van der Waals surface area contributed by atoms with Gasteiger partial charge < -0.3 is 10.5 Å². The summed E-state index contributed by atoms with van der Waals surface area (Å²) in [6.45, 7) is 2.89. The minimum Gasteiger partial charge on any atom is -0.381 e. The third-order valence-corrected chi connectivity index (χ3v) is 4.24. The fourth-order valence-electron chi connectivity index (χ4n) is 2.97.